The van der Waals surface area contributed by atoms with Gasteiger partial charge in [-0.05, 0) is 12.1 Å². The molecule has 2 rings (SSSR count). The molecule has 1 aromatic heterocycles. The molecular weight excluding hydrogens is 188 g/mol. The molecule has 4 heteroatoms. The van der Waals surface area contributed by atoms with Crippen molar-refractivity contribution < 1.29 is 0 Å². The first-order valence-corrected chi connectivity index (χ1v) is 4.90. The lowest BCUT2D eigenvalue weighted by molar-refractivity contribution is 1.02. The Morgan fingerprint density at radius 3 is 2.87 bits per heavy atom. The Morgan fingerprint density at radius 1 is 1.20 bits per heavy atom. The normalized spacial score (nSPS) is 10.5. The van der Waals surface area contributed by atoms with Crippen molar-refractivity contribution in [2.24, 2.45) is 5.73 Å². The van der Waals surface area contributed by atoms with Gasteiger partial charge in [0.15, 0.2) is 0 Å². The van der Waals surface area contributed by atoms with Crippen LogP contribution in [0.25, 0.3) is 10.8 Å². The lowest BCUT2D eigenvalue weighted by Crippen LogP contribution is -2.14. The van der Waals surface area contributed by atoms with Crippen LogP contribution in [0, 0.1) is 0 Å². The maximum atomic E-state index is 5.87. The van der Waals surface area contributed by atoms with E-state index in [1.54, 1.807) is 6.20 Å². The molecule has 0 bridgehead atoms. The first-order chi connectivity index (χ1) is 7.33. The standard InChI is InChI=1S/C11H14N4/c12-5-7-15-11-9-2-1-3-10(13)8(9)4-6-14-11/h1-4,6H,5,7,12-13H2,(H,14,15). The second-order valence-electron chi connectivity index (χ2n) is 3.32. The summed E-state index contributed by atoms with van der Waals surface area (Å²) >= 11 is 0. The van der Waals surface area contributed by atoms with Crippen LogP contribution in [0.4, 0.5) is 11.5 Å². The molecule has 0 saturated heterocycles. The van der Waals surface area contributed by atoms with Crippen LogP contribution in [0.1, 0.15) is 0 Å². The van der Waals surface area contributed by atoms with Crippen molar-refractivity contribution in [2.75, 3.05) is 24.1 Å². The van der Waals surface area contributed by atoms with E-state index in [1.165, 1.54) is 0 Å². The van der Waals surface area contributed by atoms with Crippen molar-refractivity contribution in [1.82, 2.24) is 4.98 Å². The van der Waals surface area contributed by atoms with Gasteiger partial charge in [-0.3, -0.25) is 0 Å². The fourth-order valence-electron chi connectivity index (χ4n) is 1.56. The van der Waals surface area contributed by atoms with Crippen molar-refractivity contribution in [3.63, 3.8) is 0 Å². The van der Waals surface area contributed by atoms with Gasteiger partial charge in [0.05, 0.1) is 0 Å². The summed E-state index contributed by atoms with van der Waals surface area (Å²) in [4.78, 5) is 4.26. The van der Waals surface area contributed by atoms with Crippen LogP contribution in [0.3, 0.4) is 0 Å². The summed E-state index contributed by atoms with van der Waals surface area (Å²) < 4.78 is 0. The molecular formula is C11H14N4. The maximum Gasteiger partial charge on any atom is 0.133 e. The summed E-state index contributed by atoms with van der Waals surface area (Å²) in [5.74, 6) is 0.838. The first kappa shape index (κ1) is 9.73. The predicted molar refractivity (Wildman–Crippen MR) is 63.7 cm³/mol. The highest BCUT2D eigenvalue weighted by molar-refractivity contribution is 5.99. The molecule has 0 fully saturated rings. The molecule has 0 aliphatic rings. The van der Waals surface area contributed by atoms with Crippen molar-refractivity contribution in [3.05, 3.63) is 30.5 Å². The van der Waals surface area contributed by atoms with Crippen LogP contribution in [0.2, 0.25) is 0 Å². The number of anilines is 2. The molecule has 0 unspecified atom stereocenters. The minimum absolute atomic E-state index is 0.584. The summed E-state index contributed by atoms with van der Waals surface area (Å²) in [6.07, 6.45) is 1.75. The van der Waals surface area contributed by atoms with Crippen molar-refractivity contribution in [3.8, 4) is 0 Å². The fraction of sp³-hybridized carbons (Fsp3) is 0.182. The molecule has 0 aliphatic carbocycles. The number of nitrogens with one attached hydrogen (secondary N) is 1. The van der Waals surface area contributed by atoms with E-state index >= 15 is 0 Å². The zero-order valence-corrected chi connectivity index (χ0v) is 8.40. The molecule has 4 nitrogen and oxygen atoms in total. The molecule has 0 saturated carbocycles. The van der Waals surface area contributed by atoms with Crippen molar-refractivity contribution in [1.29, 1.82) is 0 Å². The Morgan fingerprint density at radius 2 is 2.07 bits per heavy atom. The Balaban J connectivity index is 2.51. The SMILES string of the molecule is NCCNc1nccc2c(N)cccc12. The highest BCUT2D eigenvalue weighted by Gasteiger charge is 2.02. The number of nitrogen functional groups attached to an aromatic ring is 1. The molecule has 0 spiro atoms. The molecule has 78 valence electrons. The molecule has 0 aliphatic heterocycles. The van der Waals surface area contributed by atoms with E-state index in [0.29, 0.717) is 13.1 Å². The van der Waals surface area contributed by atoms with Gasteiger partial charge in [-0.25, -0.2) is 4.98 Å². The molecule has 0 atom stereocenters. The number of fused-ring (bicyclic) bond motifs is 1. The zero-order chi connectivity index (χ0) is 10.7. The average Bonchev–Trinajstić information content (AvgIpc) is 2.27. The first-order valence-electron chi connectivity index (χ1n) is 4.90. The van der Waals surface area contributed by atoms with E-state index in [4.69, 9.17) is 11.5 Å². The number of nitrogens with zero attached hydrogens (tertiary/aromatic N) is 1. The van der Waals surface area contributed by atoms with E-state index in [1.807, 2.05) is 24.3 Å². The Bertz CT molecular complexity index is 467. The number of hydrogen-bond acceptors (Lipinski definition) is 4. The lowest BCUT2D eigenvalue weighted by atomic mass is 10.1. The van der Waals surface area contributed by atoms with Gasteiger partial charge in [0.2, 0.25) is 0 Å². The number of pyridine rings is 1. The molecule has 0 radical (unpaired) electrons. The van der Waals surface area contributed by atoms with Gasteiger partial charge in [0.25, 0.3) is 0 Å². The smallest absolute Gasteiger partial charge is 0.133 e. The quantitative estimate of drug-likeness (QED) is 0.653. The summed E-state index contributed by atoms with van der Waals surface area (Å²) in [7, 11) is 0. The summed E-state index contributed by atoms with van der Waals surface area (Å²) in [6, 6.07) is 7.72. The molecule has 0 amide bonds. The maximum absolute atomic E-state index is 5.87. The molecule has 1 heterocycles. The molecule has 5 N–H and O–H groups in total. The topological polar surface area (TPSA) is 77.0 Å². The predicted octanol–water partition coefficient (Wildman–Crippen LogP) is 1.19. The van der Waals surface area contributed by atoms with Crippen LogP contribution in [0.5, 0.6) is 0 Å². The highest BCUT2D eigenvalue weighted by Crippen LogP contribution is 2.25. The Kier molecular flexibility index (Phi) is 2.69. The summed E-state index contributed by atoms with van der Waals surface area (Å²) in [5, 5.41) is 5.23. The number of rotatable bonds is 3. The number of aromatic nitrogens is 1. The van der Waals surface area contributed by atoms with Crippen molar-refractivity contribution in [2.45, 2.75) is 0 Å². The van der Waals surface area contributed by atoms with Gasteiger partial charge in [0.1, 0.15) is 5.82 Å². The average molecular weight is 202 g/mol. The largest absolute Gasteiger partial charge is 0.398 e. The van der Waals surface area contributed by atoms with Crippen LogP contribution in [0.15, 0.2) is 30.5 Å². The lowest BCUT2D eigenvalue weighted by Gasteiger charge is -2.08. The second-order valence-corrected chi connectivity index (χ2v) is 3.32. The summed E-state index contributed by atoms with van der Waals surface area (Å²) in [6.45, 7) is 1.29. The number of benzene rings is 1. The third-order valence-corrected chi connectivity index (χ3v) is 2.28. The van der Waals surface area contributed by atoms with Gasteiger partial charge < -0.3 is 16.8 Å². The van der Waals surface area contributed by atoms with E-state index in [0.717, 1.165) is 22.3 Å². The van der Waals surface area contributed by atoms with E-state index < -0.39 is 0 Å². The van der Waals surface area contributed by atoms with Crippen molar-refractivity contribution >= 4 is 22.3 Å². The van der Waals surface area contributed by atoms with Crippen LogP contribution >= 0.6 is 0 Å². The zero-order valence-electron chi connectivity index (χ0n) is 8.40. The minimum atomic E-state index is 0.584. The van der Waals surface area contributed by atoms with E-state index in [9.17, 15) is 0 Å². The minimum Gasteiger partial charge on any atom is -0.398 e. The Hall–Kier alpha value is -1.81. The fourth-order valence-corrected chi connectivity index (χ4v) is 1.56. The molecule has 2 aromatic rings. The third-order valence-electron chi connectivity index (χ3n) is 2.28. The van der Waals surface area contributed by atoms with Gasteiger partial charge in [0, 0.05) is 35.7 Å². The van der Waals surface area contributed by atoms with Crippen LogP contribution in [-0.2, 0) is 0 Å². The monoisotopic (exact) mass is 202 g/mol. The van der Waals surface area contributed by atoms with Crippen LogP contribution in [-0.4, -0.2) is 18.1 Å². The third kappa shape index (κ3) is 1.85. The highest BCUT2D eigenvalue weighted by atomic mass is 15.0. The molecule has 1 aromatic carbocycles. The number of nitrogens with two attached hydrogens (primary N) is 2. The molecule has 15 heavy (non-hydrogen) atoms. The van der Waals surface area contributed by atoms with E-state index in [2.05, 4.69) is 10.3 Å². The summed E-state index contributed by atoms with van der Waals surface area (Å²) in [5.41, 5.74) is 12.1. The van der Waals surface area contributed by atoms with E-state index in [-0.39, 0.29) is 0 Å². The van der Waals surface area contributed by atoms with Gasteiger partial charge in [-0.15, -0.1) is 0 Å². The van der Waals surface area contributed by atoms with Crippen LogP contribution < -0.4 is 16.8 Å². The van der Waals surface area contributed by atoms with Gasteiger partial charge in [-0.2, -0.15) is 0 Å². The Labute approximate surface area is 88.3 Å². The number of hydrogen-bond donors (Lipinski definition) is 3. The second kappa shape index (κ2) is 4.14. The van der Waals surface area contributed by atoms with Gasteiger partial charge >= 0.3 is 0 Å². The van der Waals surface area contributed by atoms with Gasteiger partial charge in [-0.1, -0.05) is 12.1 Å².